The van der Waals surface area contributed by atoms with Gasteiger partial charge in [-0.05, 0) is 62.7 Å². The van der Waals surface area contributed by atoms with Crippen molar-refractivity contribution in [1.82, 2.24) is 4.90 Å². The van der Waals surface area contributed by atoms with E-state index in [-0.39, 0.29) is 56.1 Å². The highest BCUT2D eigenvalue weighted by atomic mass is 35.5. The zero-order chi connectivity index (χ0) is 30.3. The molecule has 43 heavy (non-hydrogen) atoms. The number of fused-ring (bicyclic) bond motifs is 2. The number of ether oxygens (including phenoxy) is 5. The summed E-state index contributed by atoms with van der Waals surface area (Å²) in [5, 5.41) is 0. The van der Waals surface area contributed by atoms with Gasteiger partial charge in [0.25, 0.3) is 0 Å². The molecule has 242 valence electrons. The van der Waals surface area contributed by atoms with Crippen LogP contribution in [-0.4, -0.2) is 81.8 Å². The van der Waals surface area contributed by atoms with Crippen molar-refractivity contribution in [3.05, 3.63) is 24.3 Å². The molecule has 0 aromatic heterocycles. The van der Waals surface area contributed by atoms with Crippen LogP contribution in [0, 0.1) is 45.8 Å². The lowest BCUT2D eigenvalue weighted by atomic mass is 9.43. The summed E-state index contributed by atoms with van der Waals surface area (Å²) in [6, 6.07) is 0. The van der Waals surface area contributed by atoms with Crippen LogP contribution in [0.15, 0.2) is 24.3 Å². The van der Waals surface area contributed by atoms with E-state index in [0.29, 0.717) is 31.4 Å². The largest absolute Gasteiger partial charge is 0.508 e. The highest BCUT2D eigenvalue weighted by molar-refractivity contribution is 5.91. The van der Waals surface area contributed by atoms with Gasteiger partial charge < -0.3 is 28.5 Å². The minimum absolute atomic E-state index is 0. The van der Waals surface area contributed by atoms with Crippen LogP contribution >= 0.6 is 12.4 Å². The third-order valence-electron chi connectivity index (χ3n) is 11.1. The second-order valence-electron chi connectivity index (χ2n) is 13.5. The Morgan fingerprint density at radius 2 is 1.88 bits per heavy atom. The number of aldehydes is 1. The van der Waals surface area contributed by atoms with E-state index in [4.69, 9.17) is 23.7 Å². The molecule has 0 aromatic carbocycles. The van der Waals surface area contributed by atoms with Gasteiger partial charge in [-0.15, -0.1) is 19.0 Å². The van der Waals surface area contributed by atoms with Crippen LogP contribution in [-0.2, 0) is 33.3 Å². The molecule has 0 radical (unpaired) electrons. The van der Waals surface area contributed by atoms with Crippen molar-refractivity contribution in [2.24, 2.45) is 45.8 Å². The fourth-order valence-electron chi connectivity index (χ4n) is 9.80. The van der Waals surface area contributed by atoms with Gasteiger partial charge in [0.15, 0.2) is 6.29 Å². The summed E-state index contributed by atoms with van der Waals surface area (Å²) in [5.74, 6) is 0.584. The Bertz CT molecular complexity index is 1100. The second-order valence-corrected chi connectivity index (χ2v) is 13.5. The summed E-state index contributed by atoms with van der Waals surface area (Å²) in [6.45, 7) is 16.6. The summed E-state index contributed by atoms with van der Waals surface area (Å²) in [7, 11) is 0. The number of hydrogen-bond donors (Lipinski definition) is 0. The van der Waals surface area contributed by atoms with Gasteiger partial charge in [0.1, 0.15) is 24.9 Å². The summed E-state index contributed by atoms with van der Waals surface area (Å²) in [4.78, 5) is 42.2. The van der Waals surface area contributed by atoms with Gasteiger partial charge in [-0.25, -0.2) is 4.79 Å². The van der Waals surface area contributed by atoms with Gasteiger partial charge in [-0.1, -0.05) is 44.9 Å². The number of hydrogen-bond acceptors (Lipinski definition) is 9. The molecule has 0 amide bonds. The van der Waals surface area contributed by atoms with Crippen LogP contribution in [0.1, 0.15) is 60.3 Å². The van der Waals surface area contributed by atoms with E-state index < -0.39 is 34.7 Å². The Balaban J connectivity index is 0.00000423. The van der Waals surface area contributed by atoms with E-state index in [0.717, 1.165) is 44.2 Å². The number of esters is 1. The SMILES string of the molecule is C=CCN1C[C@H](OC[C@@]23C[C@@H]4[C@H](C)CC[C@H]4[C@@]4(C=O)C[C@H]2C=C(C(C)C)[C@@]34C(=O)OCCOC(=O)OCC)O[C@H](C)C1.Cl. The minimum Gasteiger partial charge on any atom is -0.461 e. The fourth-order valence-corrected chi connectivity index (χ4v) is 9.80. The van der Waals surface area contributed by atoms with Gasteiger partial charge in [0.05, 0.1) is 24.7 Å². The Labute approximate surface area is 262 Å². The van der Waals surface area contributed by atoms with E-state index in [1.165, 1.54) is 0 Å². The van der Waals surface area contributed by atoms with Crippen LogP contribution in [0.4, 0.5) is 4.79 Å². The summed E-state index contributed by atoms with van der Waals surface area (Å²) in [5.41, 5.74) is -1.64. The monoisotopic (exact) mass is 623 g/mol. The molecule has 1 aliphatic heterocycles. The van der Waals surface area contributed by atoms with Gasteiger partial charge in [-0.2, -0.15) is 0 Å². The Morgan fingerprint density at radius 1 is 1.14 bits per heavy atom. The Hall–Kier alpha value is -1.94. The predicted octanol–water partition coefficient (Wildman–Crippen LogP) is 5.21. The molecular weight excluding hydrogens is 574 g/mol. The molecule has 4 fully saturated rings. The van der Waals surface area contributed by atoms with Crippen molar-refractivity contribution >= 4 is 30.8 Å². The number of allylic oxidation sites excluding steroid dienone is 1. The fraction of sp³-hybridized carbons (Fsp3) is 0.788. The van der Waals surface area contributed by atoms with Crippen molar-refractivity contribution in [2.45, 2.75) is 72.7 Å². The van der Waals surface area contributed by atoms with Crippen LogP contribution in [0.5, 0.6) is 0 Å². The lowest BCUT2D eigenvalue weighted by molar-refractivity contribution is -0.236. The molecule has 10 heteroatoms. The number of morpholine rings is 1. The first-order valence-corrected chi connectivity index (χ1v) is 15.9. The van der Waals surface area contributed by atoms with Gasteiger partial charge >= 0.3 is 12.1 Å². The second kappa shape index (κ2) is 13.2. The number of rotatable bonds is 12. The number of halogens is 1. The first-order valence-electron chi connectivity index (χ1n) is 15.9. The third kappa shape index (κ3) is 5.26. The lowest BCUT2D eigenvalue weighted by Crippen LogP contribution is -2.64. The predicted molar refractivity (Wildman–Crippen MR) is 162 cm³/mol. The van der Waals surface area contributed by atoms with Gasteiger partial charge in [-0.3, -0.25) is 9.69 Å². The van der Waals surface area contributed by atoms with Crippen LogP contribution in [0.25, 0.3) is 0 Å². The molecule has 0 unspecified atom stereocenters. The van der Waals surface area contributed by atoms with Crippen molar-refractivity contribution in [3.63, 3.8) is 0 Å². The lowest BCUT2D eigenvalue weighted by Gasteiger charge is -2.59. The Morgan fingerprint density at radius 3 is 2.56 bits per heavy atom. The minimum atomic E-state index is -1.14. The smallest absolute Gasteiger partial charge is 0.461 e. The van der Waals surface area contributed by atoms with E-state index in [1.54, 1.807) is 6.92 Å². The number of carbonyl (C=O) groups is 3. The molecule has 1 heterocycles. The average Bonchev–Trinajstić information content (AvgIpc) is 3.51. The van der Waals surface area contributed by atoms with E-state index in [2.05, 4.69) is 38.3 Å². The van der Waals surface area contributed by atoms with E-state index >= 15 is 0 Å². The highest BCUT2D eigenvalue weighted by Crippen LogP contribution is 2.82. The molecule has 4 aliphatic carbocycles. The molecule has 4 bridgehead atoms. The summed E-state index contributed by atoms with van der Waals surface area (Å²) in [6.07, 6.45) is 7.46. The van der Waals surface area contributed by atoms with Crippen molar-refractivity contribution in [1.29, 1.82) is 0 Å². The van der Waals surface area contributed by atoms with Crippen LogP contribution < -0.4 is 0 Å². The standard InChI is InChI=1S/C33H49NO8.ClH/c1-7-11-34-17-23(6)42-28(18-34)41-20-32-16-25-22(5)9-10-26(25)31(19-35)15-24(32)14-27(21(3)4)33(31,32)29(36)39-12-13-40-30(37)38-8-2;/h7,14,19,21-26,28H,1,8-13,15-18,20H2,2-6H3;1H/t22-,23-,24-,25-,26-,28-,31+,32+,33+;/m1./s1. The van der Waals surface area contributed by atoms with Crippen molar-refractivity contribution in [3.8, 4) is 0 Å². The van der Waals surface area contributed by atoms with Crippen LogP contribution in [0.3, 0.4) is 0 Å². The average molecular weight is 624 g/mol. The maximum absolute atomic E-state index is 14.7. The first-order chi connectivity index (χ1) is 20.1. The molecule has 1 saturated heterocycles. The maximum atomic E-state index is 14.7. The van der Waals surface area contributed by atoms with Gasteiger partial charge in [0, 0.05) is 25.0 Å². The number of carbonyl (C=O) groups excluding carboxylic acids is 3. The molecule has 9 atom stereocenters. The van der Waals surface area contributed by atoms with Crippen molar-refractivity contribution < 1.29 is 38.1 Å². The third-order valence-corrected chi connectivity index (χ3v) is 11.1. The van der Waals surface area contributed by atoms with E-state index in [1.807, 2.05) is 13.0 Å². The molecule has 5 rings (SSSR count). The molecule has 9 nitrogen and oxygen atoms in total. The molecule has 5 aliphatic rings. The zero-order valence-electron chi connectivity index (χ0n) is 26.4. The normalized spacial score (nSPS) is 39.4. The molecule has 0 N–H and O–H groups in total. The van der Waals surface area contributed by atoms with Gasteiger partial charge in [0.2, 0.25) is 0 Å². The number of nitrogens with zero attached hydrogens (tertiary/aromatic N) is 1. The highest BCUT2D eigenvalue weighted by Gasteiger charge is 2.84. The molecule has 0 aromatic rings. The molecule has 0 spiro atoms. The first kappa shape index (κ1) is 33.9. The zero-order valence-corrected chi connectivity index (χ0v) is 27.2. The molecular formula is C33H50ClNO8. The topological polar surface area (TPSA) is 101 Å². The quantitative estimate of drug-likeness (QED) is 0.125. The summed E-state index contributed by atoms with van der Waals surface area (Å²) >= 11 is 0. The van der Waals surface area contributed by atoms with Crippen molar-refractivity contribution in [2.75, 3.05) is 46.1 Å². The maximum Gasteiger partial charge on any atom is 0.508 e. The summed E-state index contributed by atoms with van der Waals surface area (Å²) < 4.78 is 28.9. The molecule has 3 saturated carbocycles. The van der Waals surface area contributed by atoms with E-state index in [9.17, 15) is 14.4 Å². The van der Waals surface area contributed by atoms with Crippen LogP contribution in [0.2, 0.25) is 0 Å². The Kier molecular flexibility index (Phi) is 10.4.